The van der Waals surface area contributed by atoms with Gasteiger partial charge in [0, 0.05) is 49.9 Å². The summed E-state index contributed by atoms with van der Waals surface area (Å²) in [6, 6.07) is 11.7. The first kappa shape index (κ1) is 21.9. The number of nitrogens with zero attached hydrogens (tertiary/aromatic N) is 3. The zero-order valence-electron chi connectivity index (χ0n) is 17.5. The molecule has 0 N–H and O–H groups in total. The van der Waals surface area contributed by atoms with E-state index in [9.17, 15) is 19.3 Å². The van der Waals surface area contributed by atoms with E-state index in [2.05, 4.69) is 4.90 Å². The number of carbonyl (C=O) groups is 1. The number of nitro groups is 1. The van der Waals surface area contributed by atoms with Crippen molar-refractivity contribution in [3.63, 3.8) is 0 Å². The molecule has 1 amide bonds. The first-order chi connectivity index (χ1) is 14.4. The Hall–Kier alpha value is -2.80. The number of non-ortho nitro benzene ring substituents is 1. The van der Waals surface area contributed by atoms with Crippen LogP contribution in [-0.4, -0.2) is 34.9 Å². The summed E-state index contributed by atoms with van der Waals surface area (Å²) in [6.45, 7) is 6.02. The van der Waals surface area contributed by atoms with Gasteiger partial charge in [0.1, 0.15) is 5.82 Å². The molecule has 7 heteroatoms. The van der Waals surface area contributed by atoms with Gasteiger partial charge < -0.3 is 4.90 Å². The minimum absolute atomic E-state index is 0.0366. The van der Waals surface area contributed by atoms with Crippen molar-refractivity contribution in [2.24, 2.45) is 0 Å². The summed E-state index contributed by atoms with van der Waals surface area (Å²) >= 11 is 0. The normalized spacial score (nSPS) is 15.2. The summed E-state index contributed by atoms with van der Waals surface area (Å²) in [7, 11) is 0. The van der Waals surface area contributed by atoms with Gasteiger partial charge in [-0.3, -0.25) is 19.8 Å². The Balaban J connectivity index is 1.67. The van der Waals surface area contributed by atoms with Crippen LogP contribution in [0.3, 0.4) is 0 Å². The van der Waals surface area contributed by atoms with E-state index >= 15 is 0 Å². The third kappa shape index (κ3) is 5.21. The number of carbonyl (C=O) groups excluding carboxylic acids is 1. The standard InChI is InChI=1S/C23H28FN3O3/c1-3-4-23(28)26(21-8-5-17(2)22(24)15-21)19-11-13-25(14-12-19)16-18-6-9-20(10-7-18)27(29)30/h5-10,15,19H,3-4,11-14,16H2,1-2H3. The van der Waals surface area contributed by atoms with E-state index in [4.69, 9.17) is 0 Å². The van der Waals surface area contributed by atoms with Crippen molar-refractivity contribution >= 4 is 17.3 Å². The van der Waals surface area contributed by atoms with E-state index in [1.54, 1.807) is 30.0 Å². The fourth-order valence-corrected chi connectivity index (χ4v) is 3.94. The van der Waals surface area contributed by atoms with Crippen molar-refractivity contribution in [2.75, 3.05) is 18.0 Å². The minimum atomic E-state index is -0.398. The Kier molecular flexibility index (Phi) is 7.15. The van der Waals surface area contributed by atoms with Gasteiger partial charge in [-0.15, -0.1) is 0 Å². The molecule has 160 valence electrons. The quantitative estimate of drug-likeness (QED) is 0.481. The Morgan fingerprint density at radius 2 is 1.87 bits per heavy atom. The van der Waals surface area contributed by atoms with E-state index in [0.717, 1.165) is 37.9 Å². The van der Waals surface area contributed by atoms with Crippen LogP contribution in [-0.2, 0) is 11.3 Å². The summed E-state index contributed by atoms with van der Waals surface area (Å²) in [6.07, 6.45) is 2.80. The second-order valence-corrected chi connectivity index (χ2v) is 7.88. The number of nitro benzene ring substituents is 1. The molecule has 1 fully saturated rings. The lowest BCUT2D eigenvalue weighted by Gasteiger charge is -2.38. The average Bonchev–Trinajstić information content (AvgIpc) is 2.73. The molecule has 0 saturated carbocycles. The zero-order chi connectivity index (χ0) is 21.7. The van der Waals surface area contributed by atoms with Gasteiger partial charge in [-0.25, -0.2) is 4.39 Å². The van der Waals surface area contributed by atoms with Gasteiger partial charge in [0.25, 0.3) is 5.69 Å². The van der Waals surface area contributed by atoms with Gasteiger partial charge in [0.2, 0.25) is 5.91 Å². The third-order valence-electron chi connectivity index (χ3n) is 5.64. The number of piperidine rings is 1. The van der Waals surface area contributed by atoms with Crippen molar-refractivity contribution in [1.29, 1.82) is 0 Å². The zero-order valence-corrected chi connectivity index (χ0v) is 17.5. The molecule has 0 bridgehead atoms. The van der Waals surface area contributed by atoms with Crippen LogP contribution >= 0.6 is 0 Å². The Labute approximate surface area is 176 Å². The fourth-order valence-electron chi connectivity index (χ4n) is 3.94. The van der Waals surface area contributed by atoms with Gasteiger partial charge in [0.05, 0.1) is 4.92 Å². The summed E-state index contributed by atoms with van der Waals surface area (Å²) in [5, 5.41) is 10.8. The van der Waals surface area contributed by atoms with E-state index in [0.29, 0.717) is 24.2 Å². The molecule has 0 spiro atoms. The molecule has 6 nitrogen and oxygen atoms in total. The number of likely N-dealkylation sites (tertiary alicyclic amines) is 1. The van der Waals surface area contributed by atoms with Crippen molar-refractivity contribution in [3.8, 4) is 0 Å². The SMILES string of the molecule is CCCC(=O)N(c1ccc(C)c(F)c1)C1CCN(Cc2ccc([N+](=O)[O-])cc2)CC1. The molecule has 1 aliphatic heterocycles. The highest BCUT2D eigenvalue weighted by atomic mass is 19.1. The molecule has 3 rings (SSSR count). The van der Waals surface area contributed by atoms with Gasteiger partial charge in [-0.05, 0) is 49.4 Å². The summed E-state index contributed by atoms with van der Waals surface area (Å²) in [5.74, 6) is -0.257. The number of hydrogen-bond acceptors (Lipinski definition) is 4. The fraction of sp³-hybridized carbons (Fsp3) is 0.435. The number of benzene rings is 2. The topological polar surface area (TPSA) is 66.7 Å². The van der Waals surface area contributed by atoms with Crippen molar-refractivity contribution in [3.05, 3.63) is 69.5 Å². The monoisotopic (exact) mass is 413 g/mol. The summed E-state index contributed by atoms with van der Waals surface area (Å²) < 4.78 is 14.2. The van der Waals surface area contributed by atoms with Gasteiger partial charge in [-0.1, -0.05) is 25.1 Å². The van der Waals surface area contributed by atoms with Crippen LogP contribution in [0.4, 0.5) is 15.8 Å². The molecule has 0 radical (unpaired) electrons. The Morgan fingerprint density at radius 3 is 2.43 bits per heavy atom. The molecule has 2 aromatic carbocycles. The van der Waals surface area contributed by atoms with E-state index in [1.807, 2.05) is 13.0 Å². The first-order valence-corrected chi connectivity index (χ1v) is 10.4. The van der Waals surface area contributed by atoms with E-state index in [1.165, 1.54) is 18.2 Å². The number of amides is 1. The van der Waals surface area contributed by atoms with Crippen LogP contribution in [0.15, 0.2) is 42.5 Å². The third-order valence-corrected chi connectivity index (χ3v) is 5.64. The van der Waals surface area contributed by atoms with Crippen molar-refractivity contribution < 1.29 is 14.1 Å². The Morgan fingerprint density at radius 1 is 1.20 bits per heavy atom. The first-order valence-electron chi connectivity index (χ1n) is 10.4. The maximum Gasteiger partial charge on any atom is 0.269 e. The molecule has 0 aliphatic carbocycles. The lowest BCUT2D eigenvalue weighted by atomic mass is 10.0. The lowest BCUT2D eigenvalue weighted by Crippen LogP contribution is -2.47. The van der Waals surface area contributed by atoms with Crippen LogP contribution in [0.25, 0.3) is 0 Å². The van der Waals surface area contributed by atoms with Crippen LogP contribution in [0.1, 0.15) is 43.7 Å². The molecule has 0 aromatic heterocycles. The molecule has 1 heterocycles. The molecule has 0 atom stereocenters. The highest BCUT2D eigenvalue weighted by molar-refractivity contribution is 5.94. The van der Waals surface area contributed by atoms with Gasteiger partial charge in [0.15, 0.2) is 0 Å². The van der Waals surface area contributed by atoms with Gasteiger partial charge >= 0.3 is 0 Å². The number of halogens is 1. The molecular formula is C23H28FN3O3. The van der Waals surface area contributed by atoms with Crippen LogP contribution in [0.5, 0.6) is 0 Å². The molecule has 1 saturated heterocycles. The average molecular weight is 413 g/mol. The highest BCUT2D eigenvalue weighted by Gasteiger charge is 2.29. The second-order valence-electron chi connectivity index (χ2n) is 7.88. The molecule has 0 unspecified atom stereocenters. The molecular weight excluding hydrogens is 385 g/mol. The van der Waals surface area contributed by atoms with Crippen molar-refractivity contribution in [2.45, 2.75) is 52.1 Å². The smallest absolute Gasteiger partial charge is 0.269 e. The second kappa shape index (κ2) is 9.80. The van der Waals surface area contributed by atoms with Crippen LogP contribution in [0, 0.1) is 22.9 Å². The highest BCUT2D eigenvalue weighted by Crippen LogP contribution is 2.27. The molecule has 1 aliphatic rings. The van der Waals surface area contributed by atoms with Crippen molar-refractivity contribution in [1.82, 2.24) is 4.90 Å². The van der Waals surface area contributed by atoms with Crippen LogP contribution < -0.4 is 4.90 Å². The number of aryl methyl sites for hydroxylation is 1. The largest absolute Gasteiger partial charge is 0.309 e. The predicted molar refractivity (Wildman–Crippen MR) is 115 cm³/mol. The maximum absolute atomic E-state index is 14.2. The van der Waals surface area contributed by atoms with E-state index < -0.39 is 4.92 Å². The molecule has 2 aromatic rings. The number of anilines is 1. The summed E-state index contributed by atoms with van der Waals surface area (Å²) in [5.41, 5.74) is 2.32. The maximum atomic E-state index is 14.2. The Bertz CT molecular complexity index is 893. The number of hydrogen-bond donors (Lipinski definition) is 0. The molecule has 30 heavy (non-hydrogen) atoms. The minimum Gasteiger partial charge on any atom is -0.309 e. The van der Waals surface area contributed by atoms with Gasteiger partial charge in [-0.2, -0.15) is 0 Å². The lowest BCUT2D eigenvalue weighted by molar-refractivity contribution is -0.384. The predicted octanol–water partition coefficient (Wildman–Crippen LogP) is 4.84. The number of rotatable bonds is 7. The van der Waals surface area contributed by atoms with Crippen LogP contribution in [0.2, 0.25) is 0 Å². The summed E-state index contributed by atoms with van der Waals surface area (Å²) in [4.78, 5) is 27.3. The van der Waals surface area contributed by atoms with E-state index in [-0.39, 0.29) is 23.5 Å².